The van der Waals surface area contributed by atoms with Gasteiger partial charge in [0.05, 0.1) is 13.2 Å². The van der Waals surface area contributed by atoms with Crippen LogP contribution in [0.3, 0.4) is 0 Å². The molecule has 0 aliphatic carbocycles. The van der Waals surface area contributed by atoms with Crippen LogP contribution in [0.4, 0.5) is 0 Å². The lowest BCUT2D eigenvalue weighted by molar-refractivity contribution is -0.540. The molecule has 26 heavy (non-hydrogen) atoms. The van der Waals surface area contributed by atoms with E-state index in [1.807, 2.05) is 0 Å². The summed E-state index contributed by atoms with van der Waals surface area (Å²) in [5.41, 5.74) is 0. The standard InChI is InChI=1S/C16H16O10/c1-5-11(17)23-15(24-12(18)6-2)16(22-10-9-21-15,25-13(19)7-3)26-14(20)8-4/h5-8H,1-4,9-10H2. The molecule has 1 rings (SSSR count). The van der Waals surface area contributed by atoms with Gasteiger partial charge in [-0.25, -0.2) is 19.2 Å². The van der Waals surface area contributed by atoms with E-state index < -0.39 is 35.8 Å². The summed E-state index contributed by atoms with van der Waals surface area (Å²) in [5, 5.41) is 0. The van der Waals surface area contributed by atoms with Crippen molar-refractivity contribution in [1.29, 1.82) is 0 Å². The molecule has 0 aromatic carbocycles. The molecule has 1 saturated heterocycles. The minimum Gasteiger partial charge on any atom is -0.386 e. The van der Waals surface area contributed by atoms with Crippen LogP contribution < -0.4 is 0 Å². The van der Waals surface area contributed by atoms with Crippen LogP contribution in [-0.4, -0.2) is 49.0 Å². The number of hydrogen-bond acceptors (Lipinski definition) is 10. The maximum absolute atomic E-state index is 11.7. The molecular formula is C16H16O10. The average Bonchev–Trinajstić information content (AvgIpc) is 2.63. The van der Waals surface area contributed by atoms with Crippen molar-refractivity contribution in [3.05, 3.63) is 50.6 Å². The third-order valence-corrected chi connectivity index (χ3v) is 2.65. The number of ether oxygens (including phenoxy) is 6. The van der Waals surface area contributed by atoms with Gasteiger partial charge in [0.25, 0.3) is 0 Å². The lowest BCUT2D eigenvalue weighted by Gasteiger charge is -2.44. The highest BCUT2D eigenvalue weighted by Crippen LogP contribution is 2.39. The first kappa shape index (κ1) is 20.8. The quantitative estimate of drug-likeness (QED) is 0.335. The molecule has 0 radical (unpaired) electrons. The van der Waals surface area contributed by atoms with Crippen LogP contribution in [0.2, 0.25) is 0 Å². The Morgan fingerprint density at radius 1 is 0.615 bits per heavy atom. The summed E-state index contributed by atoms with van der Waals surface area (Å²) in [7, 11) is 0. The largest absolute Gasteiger partial charge is 0.491 e. The molecule has 0 N–H and O–H groups in total. The zero-order chi connectivity index (χ0) is 19.8. The van der Waals surface area contributed by atoms with Crippen LogP contribution in [0.5, 0.6) is 0 Å². The molecule has 1 aliphatic rings. The van der Waals surface area contributed by atoms with Crippen molar-refractivity contribution in [2.24, 2.45) is 0 Å². The molecule has 10 heteroatoms. The van der Waals surface area contributed by atoms with Crippen LogP contribution in [0, 0.1) is 0 Å². The van der Waals surface area contributed by atoms with E-state index >= 15 is 0 Å². The third kappa shape index (κ3) is 4.43. The molecule has 0 saturated carbocycles. The summed E-state index contributed by atoms with van der Waals surface area (Å²) < 4.78 is 29.9. The molecule has 1 heterocycles. The Morgan fingerprint density at radius 2 is 0.846 bits per heavy atom. The van der Waals surface area contributed by atoms with Crippen molar-refractivity contribution in [1.82, 2.24) is 0 Å². The molecule has 0 bridgehead atoms. The van der Waals surface area contributed by atoms with Gasteiger partial charge in [0, 0.05) is 24.3 Å². The fourth-order valence-electron chi connectivity index (χ4n) is 1.63. The minimum atomic E-state index is -2.95. The molecule has 140 valence electrons. The maximum atomic E-state index is 11.7. The van der Waals surface area contributed by atoms with E-state index in [1.165, 1.54) is 0 Å². The van der Waals surface area contributed by atoms with Crippen molar-refractivity contribution in [2.45, 2.75) is 11.9 Å². The summed E-state index contributed by atoms with van der Waals surface area (Å²) >= 11 is 0. The fraction of sp³-hybridized carbons (Fsp3) is 0.250. The van der Waals surface area contributed by atoms with E-state index in [0.29, 0.717) is 24.3 Å². The highest BCUT2D eigenvalue weighted by molar-refractivity contribution is 5.85. The lowest BCUT2D eigenvalue weighted by Crippen LogP contribution is -2.68. The normalized spacial score (nSPS) is 16.9. The molecule has 10 nitrogen and oxygen atoms in total. The van der Waals surface area contributed by atoms with Gasteiger partial charge in [0.15, 0.2) is 0 Å². The Hall–Kier alpha value is -3.24. The number of rotatable bonds is 8. The highest BCUT2D eigenvalue weighted by Gasteiger charge is 2.71. The Morgan fingerprint density at radius 3 is 1.04 bits per heavy atom. The van der Waals surface area contributed by atoms with Crippen molar-refractivity contribution in [3.8, 4) is 0 Å². The predicted molar refractivity (Wildman–Crippen MR) is 82.5 cm³/mol. The van der Waals surface area contributed by atoms with E-state index in [1.54, 1.807) is 0 Å². The van der Waals surface area contributed by atoms with E-state index in [2.05, 4.69) is 26.3 Å². The number of esters is 4. The Bertz CT molecular complexity index is 547. The molecule has 0 atom stereocenters. The SMILES string of the molecule is C=CC(=O)OC1(OC(=O)C=C)OCCOC1(OC(=O)C=C)OC(=O)C=C. The van der Waals surface area contributed by atoms with Gasteiger partial charge in [-0.05, 0) is 0 Å². The van der Waals surface area contributed by atoms with E-state index in [4.69, 9.17) is 28.4 Å². The maximum Gasteiger partial charge on any atom is 0.491 e. The third-order valence-electron chi connectivity index (χ3n) is 2.65. The van der Waals surface area contributed by atoms with Crippen LogP contribution >= 0.6 is 0 Å². The Labute approximate surface area is 148 Å². The lowest BCUT2D eigenvalue weighted by atomic mass is 10.3. The zero-order valence-electron chi connectivity index (χ0n) is 13.6. The predicted octanol–water partition coefficient (Wildman–Crippen LogP) is 0.258. The van der Waals surface area contributed by atoms with Gasteiger partial charge in [0.1, 0.15) is 0 Å². The van der Waals surface area contributed by atoms with Gasteiger partial charge in [0.2, 0.25) is 0 Å². The van der Waals surface area contributed by atoms with Gasteiger partial charge in [-0.1, -0.05) is 26.3 Å². The second-order valence-corrected chi connectivity index (χ2v) is 4.31. The zero-order valence-corrected chi connectivity index (χ0v) is 13.6. The highest BCUT2D eigenvalue weighted by atomic mass is 17.0. The smallest absolute Gasteiger partial charge is 0.386 e. The molecule has 1 aliphatic heterocycles. The molecule has 0 amide bonds. The second-order valence-electron chi connectivity index (χ2n) is 4.31. The Balaban J connectivity index is 3.55. The van der Waals surface area contributed by atoms with Gasteiger partial charge in [-0.15, -0.1) is 0 Å². The first-order valence-corrected chi connectivity index (χ1v) is 6.97. The molecule has 0 spiro atoms. The van der Waals surface area contributed by atoms with E-state index in [0.717, 1.165) is 0 Å². The van der Waals surface area contributed by atoms with Crippen molar-refractivity contribution < 1.29 is 47.6 Å². The van der Waals surface area contributed by atoms with E-state index in [9.17, 15) is 19.2 Å². The monoisotopic (exact) mass is 368 g/mol. The molecule has 0 aromatic rings. The van der Waals surface area contributed by atoms with Gasteiger partial charge >= 0.3 is 35.8 Å². The summed E-state index contributed by atoms with van der Waals surface area (Å²) in [4.78, 5) is 47.0. The molecular weight excluding hydrogens is 352 g/mol. The summed E-state index contributed by atoms with van der Waals surface area (Å²) in [5.74, 6) is -10.6. The van der Waals surface area contributed by atoms with Crippen molar-refractivity contribution in [2.75, 3.05) is 13.2 Å². The summed E-state index contributed by atoms with van der Waals surface area (Å²) in [6.07, 6.45) is 2.77. The summed E-state index contributed by atoms with van der Waals surface area (Å²) in [6, 6.07) is 0. The Kier molecular flexibility index (Phi) is 6.99. The second kappa shape index (κ2) is 8.74. The molecule has 0 aromatic heterocycles. The molecule has 0 unspecified atom stereocenters. The van der Waals surface area contributed by atoms with Crippen molar-refractivity contribution >= 4 is 23.9 Å². The van der Waals surface area contributed by atoms with Crippen LogP contribution in [-0.2, 0) is 47.6 Å². The first-order valence-electron chi connectivity index (χ1n) is 6.97. The number of carbonyl (C=O) groups excluding carboxylic acids is 4. The fourth-order valence-corrected chi connectivity index (χ4v) is 1.63. The summed E-state index contributed by atoms with van der Waals surface area (Å²) in [6.45, 7) is 12.1. The average molecular weight is 368 g/mol. The topological polar surface area (TPSA) is 124 Å². The number of hydrogen-bond donors (Lipinski definition) is 0. The number of carbonyl (C=O) groups is 4. The van der Waals surface area contributed by atoms with Crippen LogP contribution in [0.15, 0.2) is 50.6 Å². The van der Waals surface area contributed by atoms with Crippen LogP contribution in [0.1, 0.15) is 0 Å². The molecule has 1 fully saturated rings. The van der Waals surface area contributed by atoms with E-state index in [-0.39, 0.29) is 13.2 Å². The van der Waals surface area contributed by atoms with Gasteiger partial charge < -0.3 is 18.9 Å². The van der Waals surface area contributed by atoms with Gasteiger partial charge in [-0.3, -0.25) is 9.47 Å². The minimum absolute atomic E-state index is 0.298. The first-order chi connectivity index (χ1) is 12.3. The van der Waals surface area contributed by atoms with Crippen molar-refractivity contribution in [3.63, 3.8) is 0 Å². The van der Waals surface area contributed by atoms with Gasteiger partial charge in [-0.2, -0.15) is 0 Å². The van der Waals surface area contributed by atoms with Crippen LogP contribution in [0.25, 0.3) is 0 Å².